The highest BCUT2D eigenvalue weighted by atomic mass is 35.5. The minimum Gasteiger partial charge on any atom is -0.351 e. The first kappa shape index (κ1) is 12.9. The van der Waals surface area contributed by atoms with E-state index in [-0.39, 0.29) is 6.54 Å². The Labute approximate surface area is 104 Å². The van der Waals surface area contributed by atoms with Gasteiger partial charge in [-0.3, -0.25) is 14.3 Å². The summed E-state index contributed by atoms with van der Waals surface area (Å²) in [5.74, 6) is -1.11. The molecule has 0 aromatic carbocycles. The number of nitroso groups, excluding NO2 is 1. The van der Waals surface area contributed by atoms with Crippen molar-refractivity contribution in [3.05, 3.63) is 37.8 Å². The first-order chi connectivity index (χ1) is 8.52. The highest BCUT2D eigenvalue weighted by Crippen LogP contribution is 2.32. The van der Waals surface area contributed by atoms with Gasteiger partial charge < -0.3 is 4.74 Å². The zero-order chi connectivity index (χ0) is 13.3. The summed E-state index contributed by atoms with van der Waals surface area (Å²) in [5.41, 5.74) is -1.93. The highest BCUT2D eigenvalue weighted by Gasteiger charge is 2.36. The largest absolute Gasteiger partial charge is 0.351 e. The van der Waals surface area contributed by atoms with E-state index in [1.165, 1.54) is 0 Å². The smallest absolute Gasteiger partial charge is 0.330 e. The Morgan fingerprint density at radius 1 is 1.61 bits per heavy atom. The summed E-state index contributed by atoms with van der Waals surface area (Å²) in [6.07, 6.45) is -0.405. The van der Waals surface area contributed by atoms with Gasteiger partial charge in [-0.2, -0.15) is 9.30 Å². The summed E-state index contributed by atoms with van der Waals surface area (Å²) in [5, 5.41) is 2.07. The van der Waals surface area contributed by atoms with Gasteiger partial charge in [0.25, 0.3) is 5.56 Å². The summed E-state index contributed by atoms with van der Waals surface area (Å²) >= 11 is 5.96. The van der Waals surface area contributed by atoms with Crippen LogP contribution in [-0.4, -0.2) is 27.6 Å². The summed E-state index contributed by atoms with van der Waals surface area (Å²) in [6, 6.07) is 0. The lowest BCUT2D eigenvalue weighted by Gasteiger charge is -2.16. The van der Waals surface area contributed by atoms with Crippen molar-refractivity contribution in [1.82, 2.24) is 9.55 Å². The topological polar surface area (TPSA) is 93.5 Å². The van der Waals surface area contributed by atoms with Crippen LogP contribution in [0.15, 0.2) is 21.0 Å². The molecule has 1 saturated heterocycles. The molecule has 18 heavy (non-hydrogen) atoms. The lowest BCUT2D eigenvalue weighted by molar-refractivity contribution is 0.00414. The number of nitrogens with zero attached hydrogens (tertiary/aromatic N) is 2. The molecule has 0 spiro atoms. The number of halogens is 2. The number of alkyl halides is 1. The molecule has 0 aliphatic carbocycles. The molecule has 0 radical (unpaired) electrons. The van der Waals surface area contributed by atoms with E-state index in [0.717, 1.165) is 10.8 Å². The number of hydrogen-bond acceptors (Lipinski definition) is 5. The fraction of sp³-hybridized carbons (Fsp3) is 0.556. The molecule has 3 unspecified atom stereocenters. The van der Waals surface area contributed by atoms with E-state index < -0.39 is 34.8 Å². The molecule has 0 amide bonds. The molecule has 2 heterocycles. The molecule has 1 fully saturated rings. The van der Waals surface area contributed by atoms with Crippen molar-refractivity contribution in [3.63, 3.8) is 0 Å². The van der Waals surface area contributed by atoms with Gasteiger partial charge in [-0.25, -0.2) is 4.79 Å². The Morgan fingerprint density at radius 2 is 2.33 bits per heavy atom. The Kier molecular flexibility index (Phi) is 3.58. The van der Waals surface area contributed by atoms with Gasteiger partial charge in [0.1, 0.15) is 6.54 Å². The molecule has 2 rings (SSSR count). The van der Waals surface area contributed by atoms with E-state index in [9.17, 15) is 18.9 Å². The number of aromatic nitrogens is 2. The van der Waals surface area contributed by atoms with E-state index in [0.29, 0.717) is 6.42 Å². The molecule has 1 aliphatic rings. The average Bonchev–Trinajstić information content (AvgIpc) is 2.65. The fourth-order valence-electron chi connectivity index (χ4n) is 1.80. The number of aromatic amines is 1. The summed E-state index contributed by atoms with van der Waals surface area (Å²) < 4.78 is 19.3. The lowest BCUT2D eigenvalue weighted by atomic mass is 10.2. The molecule has 9 heteroatoms. The second kappa shape index (κ2) is 4.99. The Balaban J connectivity index is 2.32. The van der Waals surface area contributed by atoms with Crippen LogP contribution < -0.4 is 11.2 Å². The van der Waals surface area contributed by atoms with E-state index >= 15 is 0 Å². The normalized spacial score (nSPS) is 27.3. The quantitative estimate of drug-likeness (QED) is 0.637. The summed E-state index contributed by atoms with van der Waals surface area (Å²) in [6.45, 7) is -0.0969. The Morgan fingerprint density at radius 3 is 3.00 bits per heavy atom. The van der Waals surface area contributed by atoms with E-state index in [4.69, 9.17) is 16.3 Å². The molecule has 1 N–H and O–H groups in total. The van der Waals surface area contributed by atoms with Gasteiger partial charge >= 0.3 is 5.69 Å². The molecular weight excluding hydrogens is 269 g/mol. The van der Waals surface area contributed by atoms with Crippen LogP contribution >= 0.6 is 11.6 Å². The van der Waals surface area contributed by atoms with E-state index in [1.54, 1.807) is 4.98 Å². The van der Waals surface area contributed by atoms with Crippen LogP contribution in [0.3, 0.4) is 0 Å². The van der Waals surface area contributed by atoms with Crippen LogP contribution in [0.4, 0.5) is 4.39 Å². The first-order valence-electron chi connectivity index (χ1n) is 5.12. The van der Waals surface area contributed by atoms with Crippen LogP contribution in [0.5, 0.6) is 0 Å². The molecule has 1 aliphatic heterocycles. The lowest BCUT2D eigenvalue weighted by Crippen LogP contribution is -2.35. The van der Waals surface area contributed by atoms with E-state index in [1.807, 2.05) is 0 Å². The van der Waals surface area contributed by atoms with E-state index in [2.05, 4.69) is 5.18 Å². The van der Waals surface area contributed by atoms with Crippen molar-refractivity contribution in [1.29, 1.82) is 0 Å². The molecule has 1 aromatic rings. The van der Waals surface area contributed by atoms with Crippen LogP contribution in [-0.2, 0) is 4.74 Å². The SMILES string of the molecule is O=NCC1CC(Cl)C(n2cc(F)c(=O)[nH]c2=O)O1. The third-order valence-corrected chi connectivity index (χ3v) is 3.00. The zero-order valence-electron chi connectivity index (χ0n) is 9.01. The number of rotatable bonds is 3. The molecule has 0 saturated carbocycles. The Hall–Kier alpha value is -1.54. The molecule has 1 aromatic heterocycles. The second-order valence-electron chi connectivity index (χ2n) is 3.86. The second-order valence-corrected chi connectivity index (χ2v) is 4.42. The minimum atomic E-state index is -1.11. The van der Waals surface area contributed by atoms with Crippen LogP contribution in [0.2, 0.25) is 0 Å². The van der Waals surface area contributed by atoms with Crippen molar-refractivity contribution in [2.75, 3.05) is 6.54 Å². The fourth-order valence-corrected chi connectivity index (χ4v) is 2.18. The minimum absolute atomic E-state index is 0.0969. The predicted molar refractivity (Wildman–Crippen MR) is 60.1 cm³/mol. The molecule has 7 nitrogen and oxygen atoms in total. The third kappa shape index (κ3) is 2.34. The van der Waals surface area contributed by atoms with Gasteiger partial charge in [0.15, 0.2) is 6.23 Å². The average molecular weight is 278 g/mol. The van der Waals surface area contributed by atoms with Gasteiger partial charge in [0, 0.05) is 0 Å². The van der Waals surface area contributed by atoms with Gasteiger partial charge in [0.2, 0.25) is 5.82 Å². The van der Waals surface area contributed by atoms with Crippen LogP contribution in [0.1, 0.15) is 12.6 Å². The van der Waals surface area contributed by atoms with Crippen LogP contribution in [0.25, 0.3) is 0 Å². The van der Waals surface area contributed by atoms with Gasteiger partial charge in [0.05, 0.1) is 17.7 Å². The van der Waals surface area contributed by atoms with Crippen molar-refractivity contribution < 1.29 is 9.13 Å². The predicted octanol–water partition coefficient (Wildman–Crippen LogP) is 0.337. The number of nitrogens with one attached hydrogen (secondary N) is 1. The third-order valence-electron chi connectivity index (χ3n) is 2.61. The van der Waals surface area contributed by atoms with Gasteiger partial charge in [-0.1, -0.05) is 5.18 Å². The highest BCUT2D eigenvalue weighted by molar-refractivity contribution is 6.21. The maximum atomic E-state index is 13.1. The first-order valence-corrected chi connectivity index (χ1v) is 5.56. The van der Waals surface area contributed by atoms with Crippen molar-refractivity contribution in [3.8, 4) is 0 Å². The summed E-state index contributed by atoms with van der Waals surface area (Å²) in [4.78, 5) is 34.3. The van der Waals surface area contributed by atoms with Gasteiger partial charge in [-0.15, -0.1) is 11.6 Å². The maximum absolute atomic E-state index is 13.1. The van der Waals surface area contributed by atoms with Crippen molar-refractivity contribution in [2.24, 2.45) is 5.18 Å². The van der Waals surface area contributed by atoms with Gasteiger partial charge in [-0.05, 0) is 6.42 Å². The number of H-pyrrole nitrogens is 1. The monoisotopic (exact) mass is 277 g/mol. The maximum Gasteiger partial charge on any atom is 0.330 e. The number of hydrogen-bond donors (Lipinski definition) is 1. The van der Waals surface area contributed by atoms with Crippen LogP contribution in [0, 0.1) is 10.7 Å². The molecule has 98 valence electrons. The standard InChI is InChI=1S/C9H9ClFN3O4/c10-5-1-4(2-12-17)18-8(5)14-3-6(11)7(15)13-9(14)16/h3-5,8H,1-2H2,(H,13,15,16). The molecule has 3 atom stereocenters. The zero-order valence-corrected chi connectivity index (χ0v) is 9.76. The number of ether oxygens (including phenoxy) is 1. The van der Waals surface area contributed by atoms with Crippen molar-refractivity contribution in [2.45, 2.75) is 24.1 Å². The van der Waals surface area contributed by atoms with Crippen molar-refractivity contribution >= 4 is 11.6 Å². The Bertz CT molecular complexity index is 572. The molecular formula is C9H9ClFN3O4. The molecule has 0 bridgehead atoms. The summed E-state index contributed by atoms with van der Waals surface area (Å²) in [7, 11) is 0.